The van der Waals surface area contributed by atoms with Gasteiger partial charge in [0.1, 0.15) is 5.82 Å². The molecule has 0 spiro atoms. The summed E-state index contributed by atoms with van der Waals surface area (Å²) >= 11 is 1.97. The van der Waals surface area contributed by atoms with Crippen molar-refractivity contribution >= 4 is 35.0 Å². The molecule has 1 amide bonds. The highest BCUT2D eigenvalue weighted by molar-refractivity contribution is 7.99. The summed E-state index contributed by atoms with van der Waals surface area (Å²) in [6, 6.07) is 11.7. The number of nitrogens with zero attached hydrogens (tertiary/aromatic N) is 4. The zero-order valence-corrected chi connectivity index (χ0v) is 17.3. The first-order chi connectivity index (χ1) is 13.4. The zero-order chi connectivity index (χ0) is 19.7. The minimum absolute atomic E-state index is 0.0625. The summed E-state index contributed by atoms with van der Waals surface area (Å²) < 4.78 is 1.73. The lowest BCUT2D eigenvalue weighted by Crippen LogP contribution is -2.33. The SMILES string of the molecule is CC(C)(C)c1ccc(C(=O)Nc2cn3nc(N4CCSCC4)ccc3n2)cc1. The monoisotopic (exact) mass is 395 g/mol. The molecule has 0 radical (unpaired) electrons. The van der Waals surface area contributed by atoms with Crippen molar-refractivity contribution in [3.05, 3.63) is 53.7 Å². The first kappa shape index (κ1) is 18.8. The Morgan fingerprint density at radius 3 is 2.46 bits per heavy atom. The fourth-order valence-electron chi connectivity index (χ4n) is 3.20. The summed E-state index contributed by atoms with van der Waals surface area (Å²) in [5.41, 5.74) is 2.59. The van der Waals surface area contributed by atoms with Gasteiger partial charge in [-0.15, -0.1) is 5.10 Å². The van der Waals surface area contributed by atoms with Crippen LogP contribution >= 0.6 is 11.8 Å². The van der Waals surface area contributed by atoms with E-state index in [1.165, 1.54) is 5.56 Å². The molecular formula is C21H25N5OS. The molecule has 0 atom stereocenters. The Balaban J connectivity index is 1.50. The number of imidazole rings is 1. The van der Waals surface area contributed by atoms with E-state index in [1.807, 2.05) is 48.2 Å². The molecule has 0 unspecified atom stereocenters. The van der Waals surface area contributed by atoms with Gasteiger partial charge >= 0.3 is 0 Å². The number of rotatable bonds is 3. The van der Waals surface area contributed by atoms with Crippen molar-refractivity contribution in [2.75, 3.05) is 34.8 Å². The lowest BCUT2D eigenvalue weighted by atomic mass is 9.87. The number of carbonyl (C=O) groups excluding carboxylic acids is 1. The topological polar surface area (TPSA) is 62.5 Å². The van der Waals surface area contributed by atoms with Gasteiger partial charge in [-0.3, -0.25) is 4.79 Å². The molecule has 1 fully saturated rings. The van der Waals surface area contributed by atoms with Gasteiger partial charge in [0.25, 0.3) is 5.91 Å². The highest BCUT2D eigenvalue weighted by atomic mass is 32.2. The van der Waals surface area contributed by atoms with E-state index in [1.54, 1.807) is 10.7 Å². The van der Waals surface area contributed by atoms with E-state index in [0.29, 0.717) is 17.0 Å². The quantitative estimate of drug-likeness (QED) is 0.730. The molecule has 3 aromatic rings. The smallest absolute Gasteiger partial charge is 0.256 e. The van der Waals surface area contributed by atoms with Crippen LogP contribution in [0.4, 0.5) is 11.6 Å². The van der Waals surface area contributed by atoms with Crippen molar-refractivity contribution in [1.82, 2.24) is 14.6 Å². The number of benzene rings is 1. The standard InChI is InChI=1S/C21H25N5OS/c1-21(2,3)16-6-4-15(5-7-16)20(27)23-17-14-26-18(22-17)8-9-19(24-26)25-10-12-28-13-11-25/h4-9,14H,10-13H2,1-3H3,(H,23,27). The molecule has 0 bridgehead atoms. The van der Waals surface area contributed by atoms with Crippen LogP contribution in [0.5, 0.6) is 0 Å². The number of nitrogens with one attached hydrogen (secondary N) is 1. The second-order valence-corrected chi connectivity index (χ2v) is 9.23. The summed E-state index contributed by atoms with van der Waals surface area (Å²) in [5, 5.41) is 7.53. The maximum Gasteiger partial charge on any atom is 0.256 e. The van der Waals surface area contributed by atoms with Gasteiger partial charge in [0.2, 0.25) is 0 Å². The van der Waals surface area contributed by atoms with Crippen LogP contribution in [0.1, 0.15) is 36.7 Å². The fraction of sp³-hybridized carbons (Fsp3) is 0.381. The van der Waals surface area contributed by atoms with Gasteiger partial charge in [0, 0.05) is 30.2 Å². The first-order valence-electron chi connectivity index (χ1n) is 9.51. The van der Waals surface area contributed by atoms with E-state index >= 15 is 0 Å². The highest BCUT2D eigenvalue weighted by Gasteiger charge is 2.16. The predicted octanol–water partition coefficient (Wildman–Crippen LogP) is 3.83. The number of anilines is 2. The van der Waals surface area contributed by atoms with Crippen LogP contribution in [0.15, 0.2) is 42.6 Å². The molecule has 28 heavy (non-hydrogen) atoms. The molecule has 0 aliphatic carbocycles. The van der Waals surface area contributed by atoms with E-state index in [9.17, 15) is 4.79 Å². The first-order valence-corrected chi connectivity index (χ1v) is 10.7. The van der Waals surface area contributed by atoms with Crippen LogP contribution in [0, 0.1) is 0 Å². The van der Waals surface area contributed by atoms with Crippen LogP contribution in [0.25, 0.3) is 5.65 Å². The molecule has 0 saturated carbocycles. The Morgan fingerprint density at radius 1 is 1.07 bits per heavy atom. The van der Waals surface area contributed by atoms with E-state index in [-0.39, 0.29) is 11.3 Å². The van der Waals surface area contributed by atoms with Crippen molar-refractivity contribution in [2.24, 2.45) is 0 Å². The molecule has 2 aromatic heterocycles. The van der Waals surface area contributed by atoms with E-state index in [2.05, 4.69) is 41.1 Å². The lowest BCUT2D eigenvalue weighted by molar-refractivity contribution is 0.102. The predicted molar refractivity (Wildman–Crippen MR) is 116 cm³/mol. The van der Waals surface area contributed by atoms with Gasteiger partial charge in [0.05, 0.1) is 6.20 Å². The van der Waals surface area contributed by atoms with Gasteiger partial charge in [-0.25, -0.2) is 9.50 Å². The van der Waals surface area contributed by atoms with Crippen LogP contribution in [0.3, 0.4) is 0 Å². The molecule has 6 nitrogen and oxygen atoms in total. The van der Waals surface area contributed by atoms with E-state index in [4.69, 9.17) is 0 Å². The molecular weight excluding hydrogens is 370 g/mol. The molecule has 1 aliphatic rings. The Labute approximate surface area is 169 Å². The number of carbonyl (C=O) groups is 1. The number of thioether (sulfide) groups is 1. The third kappa shape index (κ3) is 3.99. The third-order valence-corrected chi connectivity index (χ3v) is 5.84. The second kappa shape index (κ2) is 7.47. The van der Waals surface area contributed by atoms with Crippen LogP contribution in [0.2, 0.25) is 0 Å². The van der Waals surface area contributed by atoms with Gasteiger partial charge in [-0.05, 0) is 35.2 Å². The Bertz CT molecular complexity index is 984. The average Bonchev–Trinajstić information content (AvgIpc) is 3.09. The van der Waals surface area contributed by atoms with Crippen LogP contribution < -0.4 is 10.2 Å². The van der Waals surface area contributed by atoms with Crippen LogP contribution in [-0.2, 0) is 5.41 Å². The highest BCUT2D eigenvalue weighted by Crippen LogP contribution is 2.23. The minimum atomic E-state index is -0.169. The number of hydrogen-bond donors (Lipinski definition) is 1. The number of amides is 1. The van der Waals surface area contributed by atoms with Crippen molar-refractivity contribution < 1.29 is 4.79 Å². The maximum atomic E-state index is 12.6. The number of fused-ring (bicyclic) bond motifs is 1. The third-order valence-electron chi connectivity index (χ3n) is 4.90. The summed E-state index contributed by atoms with van der Waals surface area (Å²) in [4.78, 5) is 19.3. The van der Waals surface area contributed by atoms with Gasteiger partial charge in [-0.1, -0.05) is 32.9 Å². The summed E-state index contributed by atoms with van der Waals surface area (Å²) in [6.07, 6.45) is 1.76. The average molecular weight is 396 g/mol. The largest absolute Gasteiger partial charge is 0.354 e. The number of hydrogen-bond acceptors (Lipinski definition) is 5. The Kier molecular flexibility index (Phi) is 5.02. The minimum Gasteiger partial charge on any atom is -0.354 e. The molecule has 146 valence electrons. The van der Waals surface area contributed by atoms with Gasteiger partial charge in [0.15, 0.2) is 11.5 Å². The molecule has 7 heteroatoms. The second-order valence-electron chi connectivity index (χ2n) is 8.00. The number of aromatic nitrogens is 3. The van der Waals surface area contributed by atoms with Crippen molar-refractivity contribution in [1.29, 1.82) is 0 Å². The van der Waals surface area contributed by atoms with Crippen LogP contribution in [-0.4, -0.2) is 45.1 Å². The summed E-state index contributed by atoms with van der Waals surface area (Å²) in [7, 11) is 0. The molecule has 1 aromatic carbocycles. The van der Waals surface area contributed by atoms with E-state index in [0.717, 1.165) is 30.4 Å². The molecule has 1 saturated heterocycles. The van der Waals surface area contributed by atoms with Crippen molar-refractivity contribution in [3.8, 4) is 0 Å². The van der Waals surface area contributed by atoms with E-state index < -0.39 is 0 Å². The fourth-order valence-corrected chi connectivity index (χ4v) is 4.11. The maximum absolute atomic E-state index is 12.6. The lowest BCUT2D eigenvalue weighted by Gasteiger charge is -2.27. The molecule has 1 aliphatic heterocycles. The van der Waals surface area contributed by atoms with Gasteiger partial charge in [-0.2, -0.15) is 11.8 Å². The zero-order valence-electron chi connectivity index (χ0n) is 16.5. The van der Waals surface area contributed by atoms with Gasteiger partial charge < -0.3 is 10.2 Å². The molecule has 3 heterocycles. The summed E-state index contributed by atoms with van der Waals surface area (Å²) in [6.45, 7) is 8.48. The summed E-state index contributed by atoms with van der Waals surface area (Å²) in [5.74, 6) is 3.53. The normalized spacial score (nSPS) is 15.0. The molecule has 1 N–H and O–H groups in total. The Morgan fingerprint density at radius 2 is 1.79 bits per heavy atom. The molecule has 4 rings (SSSR count). The Hall–Kier alpha value is -2.54. The van der Waals surface area contributed by atoms with Crippen molar-refractivity contribution in [3.63, 3.8) is 0 Å². The van der Waals surface area contributed by atoms with Crippen molar-refractivity contribution in [2.45, 2.75) is 26.2 Å².